The number of phenols is 2. The first-order chi connectivity index (χ1) is 13.9. The summed E-state index contributed by atoms with van der Waals surface area (Å²) in [6.45, 7) is 0.589. The van der Waals surface area contributed by atoms with Crippen LogP contribution in [0.3, 0.4) is 0 Å². The Morgan fingerprint density at radius 1 is 1.28 bits per heavy atom. The fourth-order valence-corrected chi connectivity index (χ4v) is 4.00. The lowest BCUT2D eigenvalue weighted by atomic mass is 10.1. The molecule has 0 saturated heterocycles. The van der Waals surface area contributed by atoms with Crippen molar-refractivity contribution in [3.05, 3.63) is 46.3 Å². The minimum absolute atomic E-state index is 0.0210. The van der Waals surface area contributed by atoms with Crippen molar-refractivity contribution in [1.29, 1.82) is 0 Å². The molecule has 0 aliphatic carbocycles. The monoisotopic (exact) mass is 431 g/mol. The zero-order valence-electron chi connectivity index (χ0n) is 15.5. The minimum Gasteiger partial charge on any atom is -0.504 e. The number of fused-ring (bicyclic) bond motifs is 1. The molecule has 0 radical (unpaired) electrons. The average Bonchev–Trinajstić information content (AvgIpc) is 3.16. The van der Waals surface area contributed by atoms with Crippen LogP contribution in [0.25, 0.3) is 11.3 Å². The molecule has 0 fully saturated rings. The highest BCUT2D eigenvalue weighted by Crippen LogP contribution is 2.43. The van der Waals surface area contributed by atoms with Gasteiger partial charge >= 0.3 is 0 Å². The number of aromatic nitrogens is 1. The highest BCUT2D eigenvalue weighted by atomic mass is 35.5. The minimum atomic E-state index is -0.134. The number of hydrogen-bond donors (Lipinski definition) is 3. The molecular formula is C20H18ClN3O4S. The number of hydrogen-bond acceptors (Lipinski definition) is 7. The third kappa shape index (κ3) is 3.94. The Hall–Kier alpha value is -2.97. The Bertz CT molecular complexity index is 1090. The van der Waals surface area contributed by atoms with Crippen molar-refractivity contribution in [2.75, 3.05) is 30.4 Å². The quantitative estimate of drug-likeness (QED) is 0.530. The molecule has 1 amide bonds. The van der Waals surface area contributed by atoms with Crippen LogP contribution in [0.15, 0.2) is 35.7 Å². The molecule has 7 nitrogen and oxygen atoms in total. The van der Waals surface area contributed by atoms with E-state index >= 15 is 0 Å². The van der Waals surface area contributed by atoms with Gasteiger partial charge in [-0.15, -0.1) is 11.3 Å². The number of nitrogens with one attached hydrogen (secondary N) is 1. The van der Waals surface area contributed by atoms with E-state index in [1.54, 1.807) is 25.2 Å². The van der Waals surface area contributed by atoms with Crippen molar-refractivity contribution in [2.24, 2.45) is 0 Å². The summed E-state index contributed by atoms with van der Waals surface area (Å²) in [5.41, 5.74) is 2.97. The molecule has 29 heavy (non-hydrogen) atoms. The maximum atomic E-state index is 11.9. The van der Waals surface area contributed by atoms with Crippen molar-refractivity contribution in [2.45, 2.75) is 6.42 Å². The van der Waals surface area contributed by atoms with Gasteiger partial charge in [0.1, 0.15) is 0 Å². The van der Waals surface area contributed by atoms with Crippen molar-refractivity contribution in [1.82, 2.24) is 4.98 Å². The van der Waals surface area contributed by atoms with Crippen LogP contribution in [0.5, 0.6) is 17.2 Å². The lowest BCUT2D eigenvalue weighted by molar-refractivity contribution is -0.120. The molecule has 3 N–H and O–H groups in total. The molecule has 4 rings (SSSR count). The van der Waals surface area contributed by atoms with E-state index in [4.69, 9.17) is 16.3 Å². The maximum Gasteiger partial charge on any atom is 0.264 e. The van der Waals surface area contributed by atoms with E-state index in [0.29, 0.717) is 35.1 Å². The van der Waals surface area contributed by atoms with Crippen LogP contribution in [0, 0.1) is 0 Å². The molecule has 150 valence electrons. The van der Waals surface area contributed by atoms with Gasteiger partial charge < -0.3 is 25.2 Å². The summed E-state index contributed by atoms with van der Waals surface area (Å²) in [4.78, 5) is 18.0. The first kappa shape index (κ1) is 19.4. The average molecular weight is 432 g/mol. The molecular weight excluding hydrogens is 414 g/mol. The maximum absolute atomic E-state index is 11.9. The van der Waals surface area contributed by atoms with Crippen molar-refractivity contribution >= 4 is 39.7 Å². The second-order valence-corrected chi connectivity index (χ2v) is 7.88. The number of ether oxygens (including phenoxy) is 1. The summed E-state index contributed by atoms with van der Waals surface area (Å²) in [6, 6.07) is 8.25. The number of nitrogens with zero attached hydrogens (tertiary/aromatic N) is 2. The van der Waals surface area contributed by atoms with Gasteiger partial charge in [-0.25, -0.2) is 4.98 Å². The predicted octanol–water partition coefficient (Wildman–Crippen LogP) is 3.88. The van der Waals surface area contributed by atoms with Gasteiger partial charge in [-0.2, -0.15) is 0 Å². The van der Waals surface area contributed by atoms with Gasteiger partial charge in [0, 0.05) is 29.6 Å². The number of phenolic OH excluding ortho intramolecular Hbond substituents is 2. The van der Waals surface area contributed by atoms with Crippen LogP contribution in [0.2, 0.25) is 5.02 Å². The standard InChI is InChI=1S/C20H18ClN3O4S/c1-24-15-8-12(21)7-13(19(15)28-9-18(24)27)14-10-29-20(23-14)22-5-4-11-2-3-16(25)17(26)6-11/h2-3,6-8,10,25-26H,4-5,9H2,1H3,(H,22,23). The topological polar surface area (TPSA) is 94.9 Å². The van der Waals surface area contributed by atoms with Gasteiger partial charge in [0.05, 0.1) is 11.4 Å². The molecule has 0 spiro atoms. The number of aromatic hydroxyl groups is 2. The number of carbonyl (C=O) groups excluding carboxylic acids is 1. The summed E-state index contributed by atoms with van der Waals surface area (Å²) in [6.07, 6.45) is 0.658. The lowest BCUT2D eigenvalue weighted by Gasteiger charge is -2.27. The fourth-order valence-electron chi connectivity index (χ4n) is 3.05. The van der Waals surface area contributed by atoms with E-state index in [-0.39, 0.29) is 24.0 Å². The highest BCUT2D eigenvalue weighted by Gasteiger charge is 2.26. The zero-order valence-corrected chi connectivity index (χ0v) is 17.0. The lowest BCUT2D eigenvalue weighted by Crippen LogP contribution is -2.35. The fraction of sp³-hybridized carbons (Fsp3) is 0.200. The Morgan fingerprint density at radius 2 is 2.10 bits per heavy atom. The number of thiazole rings is 1. The molecule has 1 aliphatic rings. The van der Waals surface area contributed by atoms with E-state index in [1.807, 2.05) is 5.38 Å². The number of rotatable bonds is 5. The van der Waals surface area contributed by atoms with Gasteiger partial charge in [0.2, 0.25) is 0 Å². The van der Waals surface area contributed by atoms with E-state index in [1.165, 1.54) is 28.4 Å². The Kier molecular flexibility index (Phi) is 5.21. The Balaban J connectivity index is 1.50. The Morgan fingerprint density at radius 3 is 2.90 bits per heavy atom. The van der Waals surface area contributed by atoms with Gasteiger partial charge in [-0.05, 0) is 36.2 Å². The van der Waals surface area contributed by atoms with Crippen molar-refractivity contribution in [3.8, 4) is 28.5 Å². The Labute approximate surface area is 176 Å². The second-order valence-electron chi connectivity index (χ2n) is 6.58. The normalized spacial score (nSPS) is 13.2. The summed E-state index contributed by atoms with van der Waals surface area (Å²) < 4.78 is 5.67. The van der Waals surface area contributed by atoms with Crippen LogP contribution < -0.4 is 15.0 Å². The largest absolute Gasteiger partial charge is 0.504 e. The third-order valence-electron chi connectivity index (χ3n) is 4.62. The number of halogens is 1. The van der Waals surface area contributed by atoms with Crippen LogP contribution in [-0.2, 0) is 11.2 Å². The third-order valence-corrected chi connectivity index (χ3v) is 5.64. The number of likely N-dealkylation sites (N-methyl/N-ethyl adjacent to an activating group) is 1. The smallest absolute Gasteiger partial charge is 0.264 e. The molecule has 0 unspecified atom stereocenters. The summed E-state index contributed by atoms with van der Waals surface area (Å²) >= 11 is 7.71. The van der Waals surface area contributed by atoms with Gasteiger partial charge in [-0.1, -0.05) is 17.7 Å². The molecule has 0 atom stereocenters. The molecule has 0 saturated carbocycles. The highest BCUT2D eigenvalue weighted by molar-refractivity contribution is 7.14. The summed E-state index contributed by atoms with van der Waals surface area (Å²) in [7, 11) is 1.69. The second kappa shape index (κ2) is 7.81. The molecule has 2 heterocycles. The van der Waals surface area contributed by atoms with Crippen molar-refractivity contribution < 1.29 is 19.7 Å². The first-order valence-corrected chi connectivity index (χ1v) is 10.1. The summed E-state index contributed by atoms with van der Waals surface area (Å²) in [5.74, 6) is 0.193. The van der Waals surface area contributed by atoms with E-state index < -0.39 is 0 Å². The van der Waals surface area contributed by atoms with E-state index in [9.17, 15) is 15.0 Å². The molecule has 2 aromatic carbocycles. The van der Waals surface area contributed by atoms with Crippen LogP contribution in [0.4, 0.5) is 10.8 Å². The molecule has 9 heteroatoms. The first-order valence-electron chi connectivity index (χ1n) is 8.86. The molecule has 1 aliphatic heterocycles. The zero-order chi connectivity index (χ0) is 20.5. The molecule has 3 aromatic rings. The number of anilines is 2. The summed E-state index contributed by atoms with van der Waals surface area (Å²) in [5, 5.41) is 25.3. The van der Waals surface area contributed by atoms with Gasteiger partial charge in [0.25, 0.3) is 5.91 Å². The SMILES string of the molecule is CN1C(=O)COc2c(-c3csc(NCCc4ccc(O)c(O)c4)n3)cc(Cl)cc21. The van der Waals surface area contributed by atoms with Gasteiger partial charge in [0.15, 0.2) is 29.0 Å². The number of carbonyl (C=O) groups is 1. The van der Waals surface area contributed by atoms with E-state index in [0.717, 1.165) is 16.3 Å². The van der Waals surface area contributed by atoms with Crippen molar-refractivity contribution in [3.63, 3.8) is 0 Å². The number of benzene rings is 2. The molecule has 1 aromatic heterocycles. The van der Waals surface area contributed by atoms with E-state index in [2.05, 4.69) is 10.3 Å². The van der Waals surface area contributed by atoms with Crippen LogP contribution in [0.1, 0.15) is 5.56 Å². The molecule has 0 bridgehead atoms. The predicted molar refractivity (Wildman–Crippen MR) is 113 cm³/mol. The van der Waals surface area contributed by atoms with Gasteiger partial charge in [-0.3, -0.25) is 4.79 Å². The van der Waals surface area contributed by atoms with Crippen LogP contribution in [-0.4, -0.2) is 41.3 Å². The number of amides is 1. The van der Waals surface area contributed by atoms with Crippen LogP contribution >= 0.6 is 22.9 Å².